The van der Waals surface area contributed by atoms with Crippen LogP contribution in [0.5, 0.6) is 0 Å². The first-order valence-corrected chi connectivity index (χ1v) is 8.77. The SMILES string of the molecule is Cc1cc(C)cc(C(=O)NCC(=O)OCC(=O)Nc2ccc(Cl)c(Cl)c2)c1. The van der Waals surface area contributed by atoms with Gasteiger partial charge in [-0.15, -0.1) is 0 Å². The fourth-order valence-electron chi connectivity index (χ4n) is 2.33. The van der Waals surface area contributed by atoms with E-state index in [1.165, 1.54) is 12.1 Å². The van der Waals surface area contributed by atoms with Crippen molar-refractivity contribution < 1.29 is 19.1 Å². The third-order valence-electron chi connectivity index (χ3n) is 3.44. The van der Waals surface area contributed by atoms with E-state index in [0.29, 0.717) is 21.3 Å². The number of hydrogen-bond donors (Lipinski definition) is 2. The molecule has 0 heterocycles. The highest BCUT2D eigenvalue weighted by Gasteiger charge is 2.12. The summed E-state index contributed by atoms with van der Waals surface area (Å²) in [4.78, 5) is 35.6. The molecule has 8 heteroatoms. The van der Waals surface area contributed by atoms with Crippen LogP contribution in [0.2, 0.25) is 10.0 Å². The summed E-state index contributed by atoms with van der Waals surface area (Å²) in [6.45, 7) is 2.93. The molecule has 0 spiro atoms. The van der Waals surface area contributed by atoms with Crippen LogP contribution in [0.3, 0.4) is 0 Å². The van der Waals surface area contributed by atoms with Gasteiger partial charge in [-0.2, -0.15) is 0 Å². The number of anilines is 1. The van der Waals surface area contributed by atoms with Crippen LogP contribution < -0.4 is 10.6 Å². The van der Waals surface area contributed by atoms with Crippen molar-refractivity contribution in [2.45, 2.75) is 13.8 Å². The summed E-state index contributed by atoms with van der Waals surface area (Å²) in [6, 6.07) is 9.97. The van der Waals surface area contributed by atoms with Crippen molar-refractivity contribution in [1.29, 1.82) is 0 Å². The molecule has 0 atom stereocenters. The van der Waals surface area contributed by atoms with Crippen molar-refractivity contribution in [2.24, 2.45) is 0 Å². The number of carbonyl (C=O) groups is 3. The molecule has 0 unspecified atom stereocenters. The van der Waals surface area contributed by atoms with E-state index in [2.05, 4.69) is 10.6 Å². The molecule has 0 bridgehead atoms. The number of halogens is 2. The standard InChI is InChI=1S/C19H18Cl2N2O4/c1-11-5-12(2)7-13(6-11)19(26)22-9-18(25)27-10-17(24)23-14-3-4-15(20)16(21)8-14/h3-8H,9-10H2,1-2H3,(H,22,26)(H,23,24). The van der Waals surface area contributed by atoms with E-state index in [0.717, 1.165) is 11.1 Å². The first-order chi connectivity index (χ1) is 12.7. The zero-order chi connectivity index (χ0) is 20.0. The average Bonchev–Trinajstić information content (AvgIpc) is 2.60. The van der Waals surface area contributed by atoms with Crippen molar-refractivity contribution in [3.05, 3.63) is 63.1 Å². The molecule has 0 aliphatic heterocycles. The molecule has 2 aromatic carbocycles. The summed E-state index contributed by atoms with van der Waals surface area (Å²) in [6.07, 6.45) is 0. The first kappa shape index (κ1) is 20.7. The van der Waals surface area contributed by atoms with Gasteiger partial charge in [0.05, 0.1) is 10.0 Å². The number of amides is 2. The smallest absolute Gasteiger partial charge is 0.325 e. The number of rotatable bonds is 6. The predicted octanol–water partition coefficient (Wildman–Crippen LogP) is 3.52. The third-order valence-corrected chi connectivity index (χ3v) is 4.18. The van der Waals surface area contributed by atoms with Gasteiger partial charge in [-0.1, -0.05) is 40.4 Å². The van der Waals surface area contributed by atoms with Crippen LogP contribution in [0.1, 0.15) is 21.5 Å². The van der Waals surface area contributed by atoms with E-state index in [1.807, 2.05) is 19.9 Å². The van der Waals surface area contributed by atoms with Crippen LogP contribution in [-0.2, 0) is 14.3 Å². The maximum atomic E-state index is 12.1. The molecular formula is C19H18Cl2N2O4. The minimum atomic E-state index is -0.725. The van der Waals surface area contributed by atoms with Crippen LogP contribution in [0.15, 0.2) is 36.4 Å². The Bertz CT molecular complexity index is 864. The average molecular weight is 409 g/mol. The summed E-state index contributed by atoms with van der Waals surface area (Å²) in [5.74, 6) is -1.65. The van der Waals surface area contributed by atoms with Crippen LogP contribution in [0, 0.1) is 13.8 Å². The van der Waals surface area contributed by atoms with Crippen molar-refractivity contribution in [3.63, 3.8) is 0 Å². The third kappa shape index (κ3) is 6.58. The van der Waals surface area contributed by atoms with Crippen molar-refractivity contribution in [2.75, 3.05) is 18.5 Å². The van der Waals surface area contributed by atoms with Crippen molar-refractivity contribution in [1.82, 2.24) is 5.32 Å². The molecule has 0 radical (unpaired) electrons. The van der Waals surface area contributed by atoms with Gasteiger partial charge in [-0.25, -0.2) is 0 Å². The second-order valence-corrected chi connectivity index (χ2v) is 6.71. The number of esters is 1. The number of benzene rings is 2. The summed E-state index contributed by atoms with van der Waals surface area (Å²) >= 11 is 11.7. The summed E-state index contributed by atoms with van der Waals surface area (Å²) in [5.41, 5.74) is 2.77. The van der Waals surface area contributed by atoms with Crippen LogP contribution >= 0.6 is 23.2 Å². The molecule has 2 amide bonds. The maximum absolute atomic E-state index is 12.1. The Hall–Kier alpha value is -2.57. The summed E-state index contributed by atoms with van der Waals surface area (Å²) in [5, 5.41) is 5.64. The van der Waals surface area contributed by atoms with Gasteiger partial charge in [0.25, 0.3) is 11.8 Å². The Kier molecular flexibility index (Phi) is 7.21. The number of nitrogens with one attached hydrogen (secondary N) is 2. The fraction of sp³-hybridized carbons (Fsp3) is 0.211. The number of ether oxygens (including phenoxy) is 1. The van der Waals surface area contributed by atoms with E-state index in [9.17, 15) is 14.4 Å². The van der Waals surface area contributed by atoms with E-state index < -0.39 is 18.5 Å². The Morgan fingerprint density at radius 1 is 0.963 bits per heavy atom. The Labute approximate surface area is 166 Å². The number of carbonyl (C=O) groups excluding carboxylic acids is 3. The van der Waals surface area contributed by atoms with Crippen molar-refractivity contribution in [3.8, 4) is 0 Å². The minimum absolute atomic E-state index is 0.292. The second-order valence-electron chi connectivity index (χ2n) is 5.90. The molecule has 2 rings (SSSR count). The zero-order valence-electron chi connectivity index (χ0n) is 14.8. The fourth-order valence-corrected chi connectivity index (χ4v) is 2.63. The normalized spacial score (nSPS) is 10.2. The summed E-state index contributed by atoms with van der Waals surface area (Å²) in [7, 11) is 0. The van der Waals surface area contributed by atoms with Gasteiger partial charge in [0.15, 0.2) is 6.61 Å². The second kappa shape index (κ2) is 9.39. The number of hydrogen-bond acceptors (Lipinski definition) is 4. The van der Waals surface area contributed by atoms with Gasteiger partial charge in [0, 0.05) is 11.3 Å². The van der Waals surface area contributed by atoms with E-state index in [-0.39, 0.29) is 12.5 Å². The van der Waals surface area contributed by atoms with Gasteiger partial charge in [0.2, 0.25) is 0 Å². The molecule has 0 saturated carbocycles. The largest absolute Gasteiger partial charge is 0.454 e. The molecule has 0 fully saturated rings. The Morgan fingerprint density at radius 2 is 1.63 bits per heavy atom. The Morgan fingerprint density at radius 3 is 2.26 bits per heavy atom. The molecule has 6 nitrogen and oxygen atoms in total. The highest BCUT2D eigenvalue weighted by Crippen LogP contribution is 2.24. The highest BCUT2D eigenvalue weighted by molar-refractivity contribution is 6.42. The molecule has 2 N–H and O–H groups in total. The predicted molar refractivity (Wildman–Crippen MR) is 104 cm³/mol. The lowest BCUT2D eigenvalue weighted by molar-refractivity contribution is -0.146. The quantitative estimate of drug-likeness (QED) is 0.716. The monoisotopic (exact) mass is 408 g/mol. The Balaban J connectivity index is 1.77. The van der Waals surface area contributed by atoms with Crippen LogP contribution in [0.4, 0.5) is 5.69 Å². The highest BCUT2D eigenvalue weighted by atomic mass is 35.5. The minimum Gasteiger partial charge on any atom is -0.454 e. The van der Waals surface area contributed by atoms with Gasteiger partial charge < -0.3 is 15.4 Å². The molecule has 142 valence electrons. The van der Waals surface area contributed by atoms with Crippen LogP contribution in [0.25, 0.3) is 0 Å². The lowest BCUT2D eigenvalue weighted by Crippen LogP contribution is -2.32. The molecule has 0 aromatic heterocycles. The van der Waals surface area contributed by atoms with Crippen molar-refractivity contribution >= 4 is 46.7 Å². The lowest BCUT2D eigenvalue weighted by atomic mass is 10.1. The molecule has 0 aliphatic rings. The molecule has 0 aliphatic carbocycles. The molecule has 0 saturated heterocycles. The van der Waals surface area contributed by atoms with Crippen LogP contribution in [-0.4, -0.2) is 30.9 Å². The van der Waals surface area contributed by atoms with Gasteiger partial charge in [-0.05, 0) is 44.2 Å². The summed E-state index contributed by atoms with van der Waals surface area (Å²) < 4.78 is 4.84. The lowest BCUT2D eigenvalue weighted by Gasteiger charge is -2.09. The van der Waals surface area contributed by atoms with Gasteiger partial charge >= 0.3 is 5.97 Å². The molecule has 2 aromatic rings. The van der Waals surface area contributed by atoms with E-state index in [4.69, 9.17) is 27.9 Å². The molecule has 27 heavy (non-hydrogen) atoms. The zero-order valence-corrected chi connectivity index (χ0v) is 16.3. The topological polar surface area (TPSA) is 84.5 Å². The maximum Gasteiger partial charge on any atom is 0.325 e. The van der Waals surface area contributed by atoms with E-state index >= 15 is 0 Å². The first-order valence-electron chi connectivity index (χ1n) is 8.01. The van der Waals surface area contributed by atoms with Gasteiger partial charge in [0.1, 0.15) is 6.54 Å². The van der Waals surface area contributed by atoms with Gasteiger partial charge in [-0.3, -0.25) is 14.4 Å². The van der Waals surface area contributed by atoms with E-state index in [1.54, 1.807) is 18.2 Å². The molecular weight excluding hydrogens is 391 g/mol. The number of aryl methyl sites for hydroxylation is 2.